The first-order valence-corrected chi connectivity index (χ1v) is 3.36. The van der Waals surface area contributed by atoms with E-state index in [9.17, 15) is 0 Å². The van der Waals surface area contributed by atoms with Crippen LogP contribution in [0, 0.1) is 57.9 Å². The Kier molecular flexibility index (Phi) is 8.34. The van der Waals surface area contributed by atoms with Crippen LogP contribution in [0.2, 0.25) is 0 Å². The van der Waals surface area contributed by atoms with Gasteiger partial charge in [0.05, 0.1) is 0 Å². The average Bonchev–Trinajstić information content (AvgIpc) is 1.65. The van der Waals surface area contributed by atoms with Gasteiger partial charge in [-0.05, 0) is 20.8 Å². The molecule has 0 aromatic rings. The molecule has 0 saturated carbocycles. The summed E-state index contributed by atoms with van der Waals surface area (Å²) in [6.07, 6.45) is 0. The van der Waals surface area contributed by atoms with Crippen molar-refractivity contribution in [2.24, 2.45) is 0 Å². The maximum Gasteiger partial charge on any atom is 0.00714 e. The Balaban J connectivity index is 0. The molecule has 0 aromatic carbocycles. The third kappa shape index (κ3) is 5.10. The molecule has 2 heteroatoms. The number of nitrogens with zero attached hydrogens (tertiary/aromatic N) is 1. The predicted octanol–water partition coefficient (Wildman–Crippen LogP) is 1.76. The van der Waals surface area contributed by atoms with Crippen LogP contribution in [0.3, 0.4) is 0 Å². The third-order valence-corrected chi connectivity index (χ3v) is 1.49. The fraction of sp³-hybridized carbons (Fsp3) is 0.750. The minimum absolute atomic E-state index is 0. The van der Waals surface area contributed by atoms with Gasteiger partial charge >= 0.3 is 0 Å². The quantitative estimate of drug-likeness (QED) is 0.683. The molecule has 1 radical (unpaired) electrons. The van der Waals surface area contributed by atoms with Gasteiger partial charge in [-0.15, -0.1) is 13.1 Å². The molecule has 0 aliphatic rings. The van der Waals surface area contributed by atoms with E-state index in [4.69, 9.17) is 0 Å². The summed E-state index contributed by atoms with van der Waals surface area (Å²) < 4.78 is 0. The Morgan fingerprint density at radius 3 is 1.40 bits per heavy atom. The molecule has 0 heterocycles. The molecule has 0 N–H and O–H groups in total. The second kappa shape index (κ2) is 5.98. The maximum absolute atomic E-state index is 3.81. The molecule has 1 nitrogen and oxygen atoms in total. The van der Waals surface area contributed by atoms with Gasteiger partial charge in [0.1, 0.15) is 0 Å². The van der Waals surface area contributed by atoms with E-state index in [1.54, 1.807) is 0 Å². The van der Waals surface area contributed by atoms with Gasteiger partial charge in [0.2, 0.25) is 0 Å². The minimum Gasteiger partial charge on any atom is -0.358 e. The Bertz CT molecular complexity index is 71.8. The summed E-state index contributed by atoms with van der Waals surface area (Å²) in [7, 11) is 0. The molecule has 0 rings (SSSR count). The fourth-order valence-electron chi connectivity index (χ4n) is 0.783. The van der Waals surface area contributed by atoms with Gasteiger partial charge < -0.3 is 18.7 Å². The first-order valence-electron chi connectivity index (χ1n) is 3.36. The molecule has 0 aliphatic heterocycles. The van der Waals surface area contributed by atoms with Gasteiger partial charge in [-0.1, -0.05) is 0 Å². The summed E-state index contributed by atoms with van der Waals surface area (Å²) in [4.78, 5) is 2.22. The monoisotopic (exact) mass is 354 g/mol. The fourth-order valence-corrected chi connectivity index (χ4v) is 0.783. The first-order chi connectivity index (χ1) is 4.02. The van der Waals surface area contributed by atoms with Crippen LogP contribution >= 0.6 is 0 Å². The number of hydrogen-bond acceptors (Lipinski definition) is 1. The molecular formula is C8H17AcN-2. The van der Waals surface area contributed by atoms with E-state index >= 15 is 0 Å². The molecule has 0 atom stereocenters. The molecule has 0 amide bonds. The second-order valence-electron chi connectivity index (χ2n) is 3.16. The normalized spacial score (nSPS) is 11.4. The molecular weight excluding hydrogens is 337 g/mol. The van der Waals surface area contributed by atoms with Crippen LogP contribution in [0.15, 0.2) is 0 Å². The van der Waals surface area contributed by atoms with Crippen LogP contribution < -0.4 is 0 Å². The number of hydrogen-bond donors (Lipinski definition) is 0. The molecule has 0 fully saturated rings. The van der Waals surface area contributed by atoms with Crippen LogP contribution in [0.25, 0.3) is 0 Å². The summed E-state index contributed by atoms with van der Waals surface area (Å²) in [6.45, 7) is 15.8. The second-order valence-corrected chi connectivity index (χ2v) is 3.16. The van der Waals surface area contributed by atoms with Gasteiger partial charge in [0.15, 0.2) is 0 Å². The molecule has 10 heavy (non-hydrogen) atoms. The first kappa shape index (κ1) is 14.0. The van der Waals surface area contributed by atoms with E-state index in [-0.39, 0.29) is 49.6 Å². The standard InChI is InChI=1S/C8H17N.Ac/c1-6-9(7-2)8(3,4)5;/h1-2,6-7H2,3-5H3;/q-2;. The zero-order valence-corrected chi connectivity index (χ0v) is 12.1. The van der Waals surface area contributed by atoms with Crippen LogP contribution in [0.5, 0.6) is 0 Å². The smallest absolute Gasteiger partial charge is 0.00714 e. The van der Waals surface area contributed by atoms with Crippen LogP contribution in [-0.2, 0) is 0 Å². The van der Waals surface area contributed by atoms with E-state index in [1.807, 2.05) is 0 Å². The Labute approximate surface area is 101 Å². The molecule has 0 aromatic heterocycles. The van der Waals surface area contributed by atoms with Crippen LogP contribution in [0.1, 0.15) is 20.8 Å². The zero-order valence-electron chi connectivity index (χ0n) is 7.35. The topological polar surface area (TPSA) is 3.24 Å². The van der Waals surface area contributed by atoms with Crippen LogP contribution in [0.4, 0.5) is 0 Å². The van der Waals surface area contributed by atoms with E-state index in [0.717, 1.165) is 13.1 Å². The van der Waals surface area contributed by atoms with E-state index < -0.39 is 0 Å². The summed E-state index contributed by atoms with van der Waals surface area (Å²) >= 11 is 0. The van der Waals surface area contributed by atoms with Gasteiger partial charge in [-0.3, -0.25) is 0 Å². The molecule has 0 aliphatic carbocycles. The van der Waals surface area contributed by atoms with Crippen molar-refractivity contribution >= 4 is 0 Å². The molecule has 0 spiro atoms. The van der Waals surface area contributed by atoms with E-state index in [0.29, 0.717) is 0 Å². The molecule has 0 bridgehead atoms. The van der Waals surface area contributed by atoms with Crippen molar-refractivity contribution in [3.05, 3.63) is 13.8 Å². The zero-order chi connectivity index (χ0) is 7.49. The summed E-state index contributed by atoms with van der Waals surface area (Å²) in [5.74, 6) is 0. The van der Waals surface area contributed by atoms with Gasteiger partial charge in [0, 0.05) is 49.6 Å². The van der Waals surface area contributed by atoms with Crippen molar-refractivity contribution in [1.82, 2.24) is 4.90 Å². The molecule has 0 saturated heterocycles. The Hall–Kier alpha value is 1.40. The average molecular weight is 354 g/mol. The summed E-state index contributed by atoms with van der Waals surface area (Å²) in [6, 6.07) is 0. The van der Waals surface area contributed by atoms with Crippen molar-refractivity contribution in [1.29, 1.82) is 0 Å². The maximum atomic E-state index is 3.81. The predicted molar refractivity (Wildman–Crippen MR) is 42.0 cm³/mol. The third-order valence-electron chi connectivity index (χ3n) is 1.49. The minimum atomic E-state index is 0. The largest absolute Gasteiger partial charge is 0.358 e. The molecule has 59 valence electrons. The van der Waals surface area contributed by atoms with Gasteiger partial charge in [-0.25, -0.2) is 0 Å². The van der Waals surface area contributed by atoms with Crippen molar-refractivity contribution < 1.29 is 44.1 Å². The SMILES string of the molecule is [Ac].[CH2-]CN(C[CH2-])C(C)(C)C. The van der Waals surface area contributed by atoms with Crippen molar-refractivity contribution in [2.75, 3.05) is 13.1 Å². The Morgan fingerprint density at radius 1 is 1.10 bits per heavy atom. The van der Waals surface area contributed by atoms with E-state index in [2.05, 4.69) is 39.5 Å². The van der Waals surface area contributed by atoms with Crippen molar-refractivity contribution in [2.45, 2.75) is 26.3 Å². The van der Waals surface area contributed by atoms with Crippen molar-refractivity contribution in [3.63, 3.8) is 0 Å². The van der Waals surface area contributed by atoms with Crippen LogP contribution in [-0.4, -0.2) is 23.5 Å². The number of rotatable bonds is 2. The van der Waals surface area contributed by atoms with Crippen molar-refractivity contribution in [3.8, 4) is 0 Å². The summed E-state index contributed by atoms with van der Waals surface area (Å²) in [5, 5.41) is 0. The molecule has 0 unspecified atom stereocenters. The summed E-state index contributed by atoms with van der Waals surface area (Å²) in [5.41, 5.74) is 0.226. The van der Waals surface area contributed by atoms with Gasteiger partial charge in [-0.2, -0.15) is 0 Å². The van der Waals surface area contributed by atoms with E-state index in [1.165, 1.54) is 0 Å². The Morgan fingerprint density at radius 2 is 1.40 bits per heavy atom. The van der Waals surface area contributed by atoms with Gasteiger partial charge in [0.25, 0.3) is 0 Å².